The van der Waals surface area contributed by atoms with E-state index in [0.29, 0.717) is 11.1 Å². The third-order valence-electron chi connectivity index (χ3n) is 7.24. The Hall–Kier alpha value is -5.78. The predicted octanol–water partition coefficient (Wildman–Crippen LogP) is 8.09. The molecule has 0 aromatic carbocycles. The van der Waals surface area contributed by atoms with Crippen molar-refractivity contribution in [2.45, 2.75) is 64.8 Å². The lowest BCUT2D eigenvalue weighted by molar-refractivity contribution is -0.238. The first-order valence-electron chi connectivity index (χ1n) is 16.8. The molecule has 0 saturated heterocycles. The van der Waals surface area contributed by atoms with E-state index in [-0.39, 0.29) is 34.4 Å². The molecule has 0 fully saturated rings. The maximum atomic E-state index is 13.8. The van der Waals surface area contributed by atoms with Gasteiger partial charge in [-0.3, -0.25) is 18.8 Å². The lowest BCUT2D eigenvalue weighted by Crippen LogP contribution is -2.39. The van der Waals surface area contributed by atoms with Crippen molar-refractivity contribution in [3.63, 3.8) is 0 Å². The van der Waals surface area contributed by atoms with Gasteiger partial charge in [-0.05, 0) is 18.1 Å². The van der Waals surface area contributed by atoms with Crippen LogP contribution in [0.5, 0.6) is 11.8 Å². The fraction of sp³-hybridized carbons (Fsp3) is 0.412. The Morgan fingerprint density at radius 3 is 1.38 bits per heavy atom. The van der Waals surface area contributed by atoms with Gasteiger partial charge in [0, 0.05) is 62.3 Å². The molecule has 6 rings (SSSR count). The van der Waals surface area contributed by atoms with Gasteiger partial charge in [0.1, 0.15) is 0 Å². The average Bonchev–Trinajstić information content (AvgIpc) is 3.81. The quantitative estimate of drug-likeness (QED) is 0.116. The molecule has 1 atom stereocenters. The van der Waals surface area contributed by atoms with Gasteiger partial charge in [0.2, 0.25) is 23.4 Å². The van der Waals surface area contributed by atoms with Crippen LogP contribution in [0.25, 0.3) is 33.8 Å². The molecule has 6 aromatic rings. The highest BCUT2D eigenvalue weighted by molar-refractivity contribution is 5.60. The van der Waals surface area contributed by atoms with Crippen LogP contribution >= 0.6 is 0 Å². The summed E-state index contributed by atoms with van der Waals surface area (Å²) in [6.07, 6.45) is -9.75. The zero-order valence-corrected chi connectivity index (χ0v) is 31.2. The SMILES string of the molecule is CCC.COC(F)(F)c1nnc2cnc(-c3ccc(OCC(F)(F)F)nc3)cn12.COC(F)(F)c1nnc2cnc(-c3ccc(O[C@@H](C(C)C)C(F)(F)F)nc3)cn12. The minimum atomic E-state index is -4.54. The summed E-state index contributed by atoms with van der Waals surface area (Å²) >= 11 is 0. The number of rotatable bonds is 11. The van der Waals surface area contributed by atoms with Gasteiger partial charge in [-0.15, -0.1) is 20.4 Å². The Kier molecular flexibility index (Phi) is 14.1. The standard InChI is InChI=1S/C17H16F5N5O2.C14H10F5N5O2.C3H8/c1-9(2)14(16(18,19)20)29-13-5-4-10(6-24-13)11-8-27-12(7-23-11)25-26-15(27)17(21,22)28-3;1-25-14(18,19)12-23-22-10-5-20-9(6-24(10)12)8-2-3-11(21-4-8)26-7-13(15,16)17;1-3-2/h4-9,14H,1-3H3;2-6H,7H2,1H3;3H2,1-2H3/t14-;;/m0../s1. The summed E-state index contributed by atoms with van der Waals surface area (Å²) in [5.41, 5.74) is 1.32. The molecule has 0 aliphatic heterocycles. The van der Waals surface area contributed by atoms with Crippen molar-refractivity contribution in [2.75, 3.05) is 20.8 Å². The second-order valence-electron chi connectivity index (χ2n) is 12.2. The molecule has 14 nitrogen and oxygen atoms in total. The van der Waals surface area contributed by atoms with Crippen molar-refractivity contribution in [1.82, 2.24) is 49.1 Å². The molecule has 6 heterocycles. The Morgan fingerprint density at radius 1 is 0.603 bits per heavy atom. The summed E-state index contributed by atoms with van der Waals surface area (Å²) in [4.78, 5) is 15.7. The van der Waals surface area contributed by atoms with Crippen LogP contribution in [0.4, 0.5) is 43.9 Å². The number of alkyl halides is 10. The Bertz CT molecular complexity index is 2230. The Morgan fingerprint density at radius 2 is 1.03 bits per heavy atom. The topological polar surface area (TPSA) is 149 Å². The molecule has 0 amide bonds. The van der Waals surface area contributed by atoms with E-state index in [4.69, 9.17) is 4.74 Å². The second-order valence-corrected chi connectivity index (χ2v) is 12.2. The number of fused-ring (bicyclic) bond motifs is 2. The van der Waals surface area contributed by atoms with Crippen LogP contribution in [-0.4, -0.2) is 88.4 Å². The van der Waals surface area contributed by atoms with Gasteiger partial charge in [-0.25, -0.2) is 9.97 Å². The highest BCUT2D eigenvalue weighted by Gasteiger charge is 2.44. The van der Waals surface area contributed by atoms with Crippen LogP contribution in [0.15, 0.2) is 61.4 Å². The molecule has 58 heavy (non-hydrogen) atoms. The molecule has 0 N–H and O–H groups in total. The van der Waals surface area contributed by atoms with Crippen LogP contribution in [0, 0.1) is 5.92 Å². The van der Waals surface area contributed by atoms with Crippen molar-refractivity contribution in [1.29, 1.82) is 0 Å². The lowest BCUT2D eigenvalue weighted by atomic mass is 10.1. The zero-order chi connectivity index (χ0) is 43.1. The minimum Gasteiger partial charge on any atom is -0.468 e. The fourth-order valence-corrected chi connectivity index (χ4v) is 4.57. The zero-order valence-electron chi connectivity index (χ0n) is 31.2. The summed E-state index contributed by atoms with van der Waals surface area (Å²) < 4.78 is 150. The van der Waals surface area contributed by atoms with Crippen molar-refractivity contribution in [3.8, 4) is 34.3 Å². The number of methoxy groups -OCH3 is 2. The molecule has 0 saturated carbocycles. The normalized spacial score (nSPS) is 12.8. The first-order chi connectivity index (χ1) is 27.1. The number of nitrogens with zero attached hydrogens (tertiary/aromatic N) is 10. The molecule has 0 radical (unpaired) electrons. The largest absolute Gasteiger partial charge is 0.468 e. The van der Waals surface area contributed by atoms with E-state index in [1.807, 2.05) is 0 Å². The van der Waals surface area contributed by atoms with E-state index in [0.717, 1.165) is 23.0 Å². The summed E-state index contributed by atoms with van der Waals surface area (Å²) in [7, 11) is 1.66. The summed E-state index contributed by atoms with van der Waals surface area (Å²) in [5, 5.41) is 14.0. The number of ether oxygens (including phenoxy) is 4. The molecule has 0 aliphatic carbocycles. The molecule has 0 spiro atoms. The van der Waals surface area contributed by atoms with Crippen LogP contribution in [-0.2, 0) is 21.7 Å². The third-order valence-corrected chi connectivity index (χ3v) is 7.24. The van der Waals surface area contributed by atoms with Crippen LogP contribution < -0.4 is 9.47 Å². The summed E-state index contributed by atoms with van der Waals surface area (Å²) in [6.45, 7) is 5.55. The van der Waals surface area contributed by atoms with Gasteiger partial charge in [0.15, 0.2) is 24.0 Å². The van der Waals surface area contributed by atoms with E-state index in [2.05, 4.69) is 68.4 Å². The van der Waals surface area contributed by atoms with Crippen molar-refractivity contribution >= 4 is 11.3 Å². The predicted molar refractivity (Wildman–Crippen MR) is 183 cm³/mol. The molecule has 0 bridgehead atoms. The van der Waals surface area contributed by atoms with E-state index in [1.54, 1.807) is 0 Å². The van der Waals surface area contributed by atoms with Gasteiger partial charge in [-0.1, -0.05) is 34.1 Å². The monoisotopic (exact) mass is 836 g/mol. The molecule has 0 unspecified atom stereocenters. The molecule has 24 heteroatoms. The van der Waals surface area contributed by atoms with Gasteiger partial charge in [-0.2, -0.15) is 43.9 Å². The first kappa shape index (κ1) is 44.9. The van der Waals surface area contributed by atoms with Crippen molar-refractivity contribution in [2.24, 2.45) is 5.92 Å². The van der Waals surface area contributed by atoms with Gasteiger partial charge in [0.25, 0.3) is 0 Å². The minimum absolute atomic E-state index is 0.0679. The lowest BCUT2D eigenvalue weighted by Gasteiger charge is -2.24. The van der Waals surface area contributed by atoms with E-state index < -0.39 is 54.8 Å². The Labute approximate surface area is 322 Å². The average molecular weight is 837 g/mol. The highest BCUT2D eigenvalue weighted by Crippen LogP contribution is 2.32. The van der Waals surface area contributed by atoms with Gasteiger partial charge >= 0.3 is 24.6 Å². The molecule has 314 valence electrons. The second kappa shape index (κ2) is 18.2. The number of hydrogen-bond donors (Lipinski definition) is 0. The molecule has 6 aromatic heterocycles. The maximum absolute atomic E-state index is 13.8. The molecule has 0 aliphatic rings. The van der Waals surface area contributed by atoms with Crippen LogP contribution in [0.2, 0.25) is 0 Å². The van der Waals surface area contributed by atoms with E-state index in [1.165, 1.54) is 81.7 Å². The van der Waals surface area contributed by atoms with Crippen LogP contribution in [0.3, 0.4) is 0 Å². The Balaban J connectivity index is 0.000000242. The number of halogens is 10. The number of hydrogen-bond acceptors (Lipinski definition) is 12. The number of pyridine rings is 2. The van der Waals surface area contributed by atoms with Gasteiger partial charge < -0.3 is 18.9 Å². The maximum Gasteiger partial charge on any atom is 0.425 e. The van der Waals surface area contributed by atoms with E-state index in [9.17, 15) is 43.9 Å². The third kappa shape index (κ3) is 11.2. The van der Waals surface area contributed by atoms with Crippen molar-refractivity contribution < 1.29 is 62.9 Å². The molecular formula is C34H34F10N10O4. The smallest absolute Gasteiger partial charge is 0.425 e. The number of aromatic nitrogens is 10. The first-order valence-corrected chi connectivity index (χ1v) is 16.8. The van der Waals surface area contributed by atoms with E-state index >= 15 is 0 Å². The van der Waals surface area contributed by atoms with Crippen LogP contribution in [0.1, 0.15) is 45.8 Å². The molecular weight excluding hydrogens is 802 g/mol. The van der Waals surface area contributed by atoms with Gasteiger partial charge in [0.05, 0.1) is 23.8 Å². The van der Waals surface area contributed by atoms with Crippen molar-refractivity contribution in [3.05, 3.63) is 73.1 Å². The highest BCUT2D eigenvalue weighted by atomic mass is 19.4. The fourth-order valence-electron chi connectivity index (χ4n) is 4.57. The summed E-state index contributed by atoms with van der Waals surface area (Å²) in [5.74, 6) is -2.74. The summed E-state index contributed by atoms with van der Waals surface area (Å²) in [6, 6.07) is 5.27.